The lowest BCUT2D eigenvalue weighted by atomic mass is 10.2. The molecule has 1 amide bonds. The summed E-state index contributed by atoms with van der Waals surface area (Å²) >= 11 is 5.74. The Kier molecular flexibility index (Phi) is 6.79. The Labute approximate surface area is 160 Å². The van der Waals surface area contributed by atoms with E-state index in [1.54, 1.807) is 0 Å². The number of benzene rings is 2. The van der Waals surface area contributed by atoms with Gasteiger partial charge in [-0.05, 0) is 36.4 Å². The minimum Gasteiger partial charge on any atom is -0.452 e. The summed E-state index contributed by atoms with van der Waals surface area (Å²) in [6.07, 6.45) is -4.64. The first-order chi connectivity index (χ1) is 13.1. The first kappa shape index (κ1) is 21.4. The van der Waals surface area contributed by atoms with Crippen LogP contribution in [0.4, 0.5) is 27.6 Å². The monoisotopic (exact) mass is 423 g/mol. The summed E-state index contributed by atoms with van der Waals surface area (Å²) in [6.45, 7) is -3.93. The predicted molar refractivity (Wildman–Crippen MR) is 88.4 cm³/mol. The Morgan fingerprint density at radius 1 is 1.11 bits per heavy atom. The van der Waals surface area contributed by atoms with Crippen molar-refractivity contribution < 1.29 is 41.0 Å². The zero-order valence-electron chi connectivity index (χ0n) is 13.7. The third-order valence-electron chi connectivity index (χ3n) is 3.20. The van der Waals surface area contributed by atoms with Crippen molar-refractivity contribution in [1.82, 2.24) is 0 Å². The second-order valence-electron chi connectivity index (χ2n) is 5.22. The molecule has 0 heterocycles. The van der Waals surface area contributed by atoms with Crippen LogP contribution in [0.15, 0.2) is 42.5 Å². The lowest BCUT2D eigenvalue weighted by Crippen LogP contribution is -2.21. The highest BCUT2D eigenvalue weighted by Crippen LogP contribution is 2.33. The van der Waals surface area contributed by atoms with Crippen molar-refractivity contribution in [2.75, 3.05) is 11.9 Å². The van der Waals surface area contributed by atoms with E-state index < -0.39 is 36.8 Å². The molecule has 0 spiro atoms. The van der Waals surface area contributed by atoms with Gasteiger partial charge in [-0.2, -0.15) is 22.0 Å². The number of ether oxygens (including phenoxy) is 2. The molecule has 0 fully saturated rings. The van der Waals surface area contributed by atoms with Crippen LogP contribution in [0.1, 0.15) is 15.9 Å². The van der Waals surface area contributed by atoms with E-state index in [1.165, 1.54) is 18.2 Å². The molecule has 11 heteroatoms. The molecule has 0 saturated carbocycles. The van der Waals surface area contributed by atoms with Crippen molar-refractivity contribution in [3.63, 3.8) is 0 Å². The standard InChI is InChI=1S/C17H11ClF5NO4/c18-12-5-4-10(17(21,22)23)7-13(12)24-14(25)8-27-15(26)9-2-1-3-11(6-9)28-16(19)20/h1-7,16H,8H2,(H,24,25). The molecule has 150 valence electrons. The number of esters is 1. The molecule has 0 saturated heterocycles. The largest absolute Gasteiger partial charge is 0.452 e. The van der Waals surface area contributed by atoms with E-state index in [9.17, 15) is 31.5 Å². The minimum atomic E-state index is -4.64. The fourth-order valence-electron chi connectivity index (χ4n) is 2.00. The van der Waals surface area contributed by atoms with E-state index in [0.717, 1.165) is 18.2 Å². The van der Waals surface area contributed by atoms with Gasteiger partial charge in [-0.3, -0.25) is 4.79 Å². The van der Waals surface area contributed by atoms with Gasteiger partial charge in [0.15, 0.2) is 6.61 Å². The van der Waals surface area contributed by atoms with Crippen molar-refractivity contribution in [3.05, 3.63) is 58.6 Å². The summed E-state index contributed by atoms with van der Waals surface area (Å²) in [7, 11) is 0. The lowest BCUT2D eigenvalue weighted by Gasteiger charge is -2.12. The number of nitrogens with one attached hydrogen (secondary N) is 1. The van der Waals surface area contributed by atoms with Gasteiger partial charge >= 0.3 is 18.8 Å². The Bertz CT molecular complexity index is 873. The SMILES string of the molecule is O=C(COC(=O)c1cccc(OC(F)F)c1)Nc1cc(C(F)(F)F)ccc1Cl. The van der Waals surface area contributed by atoms with Crippen LogP contribution in [-0.4, -0.2) is 25.1 Å². The Balaban J connectivity index is 1.98. The molecule has 0 aliphatic rings. The van der Waals surface area contributed by atoms with Gasteiger partial charge in [0.25, 0.3) is 5.91 Å². The Morgan fingerprint density at radius 2 is 1.82 bits per heavy atom. The number of halogens is 6. The highest BCUT2D eigenvalue weighted by atomic mass is 35.5. The van der Waals surface area contributed by atoms with Crippen LogP contribution in [0.25, 0.3) is 0 Å². The quantitative estimate of drug-likeness (QED) is 0.537. The minimum absolute atomic E-state index is 0.149. The van der Waals surface area contributed by atoms with Crippen molar-refractivity contribution in [2.24, 2.45) is 0 Å². The third kappa shape index (κ3) is 6.08. The number of alkyl halides is 5. The van der Waals surface area contributed by atoms with Crippen molar-refractivity contribution in [2.45, 2.75) is 12.8 Å². The van der Waals surface area contributed by atoms with Crippen LogP contribution >= 0.6 is 11.6 Å². The van der Waals surface area contributed by atoms with E-state index >= 15 is 0 Å². The maximum Gasteiger partial charge on any atom is 0.416 e. The normalized spacial score (nSPS) is 11.2. The first-order valence-electron chi connectivity index (χ1n) is 7.45. The molecule has 0 aromatic heterocycles. The number of hydrogen-bond acceptors (Lipinski definition) is 4. The summed E-state index contributed by atoms with van der Waals surface area (Å²) in [4.78, 5) is 23.7. The highest BCUT2D eigenvalue weighted by molar-refractivity contribution is 6.33. The molecule has 28 heavy (non-hydrogen) atoms. The smallest absolute Gasteiger partial charge is 0.416 e. The van der Waals surface area contributed by atoms with Gasteiger partial charge in [0.2, 0.25) is 0 Å². The summed E-state index contributed by atoms with van der Waals surface area (Å²) in [6, 6.07) is 7.00. The number of carbonyl (C=O) groups is 2. The molecule has 2 aromatic rings. The Morgan fingerprint density at radius 3 is 2.46 bits per heavy atom. The second kappa shape index (κ2) is 8.87. The molecule has 0 aliphatic heterocycles. The van der Waals surface area contributed by atoms with Crippen LogP contribution in [0.2, 0.25) is 5.02 Å². The zero-order valence-corrected chi connectivity index (χ0v) is 14.5. The highest BCUT2D eigenvalue weighted by Gasteiger charge is 2.31. The first-order valence-corrected chi connectivity index (χ1v) is 7.82. The third-order valence-corrected chi connectivity index (χ3v) is 3.53. The van der Waals surface area contributed by atoms with Gasteiger partial charge in [-0.15, -0.1) is 0 Å². The predicted octanol–water partition coefficient (Wildman–Crippen LogP) is 4.76. The van der Waals surface area contributed by atoms with Crippen LogP contribution in [0.3, 0.4) is 0 Å². The summed E-state index contributed by atoms with van der Waals surface area (Å²) < 4.78 is 71.3. The molecule has 0 bridgehead atoms. The van der Waals surface area contributed by atoms with E-state index in [2.05, 4.69) is 10.1 Å². The molecule has 0 atom stereocenters. The van der Waals surface area contributed by atoms with Crippen molar-refractivity contribution >= 4 is 29.2 Å². The van der Waals surface area contributed by atoms with E-state index in [4.69, 9.17) is 16.3 Å². The van der Waals surface area contributed by atoms with Gasteiger partial charge in [0.05, 0.1) is 21.8 Å². The fourth-order valence-corrected chi connectivity index (χ4v) is 2.16. The van der Waals surface area contributed by atoms with Crippen LogP contribution in [0.5, 0.6) is 5.75 Å². The van der Waals surface area contributed by atoms with Crippen LogP contribution in [0, 0.1) is 0 Å². The zero-order chi connectivity index (χ0) is 20.9. The fraction of sp³-hybridized carbons (Fsp3) is 0.176. The molecule has 1 N–H and O–H groups in total. The van der Waals surface area contributed by atoms with Crippen LogP contribution in [-0.2, 0) is 15.7 Å². The molecule has 0 unspecified atom stereocenters. The van der Waals surface area contributed by atoms with Gasteiger partial charge in [0, 0.05) is 0 Å². The number of hydrogen-bond donors (Lipinski definition) is 1. The molecule has 5 nitrogen and oxygen atoms in total. The molecular formula is C17H11ClF5NO4. The maximum atomic E-state index is 12.7. The summed E-state index contributed by atoms with van der Waals surface area (Å²) in [5.41, 5.74) is -1.51. The van der Waals surface area contributed by atoms with Gasteiger partial charge in [-0.1, -0.05) is 17.7 Å². The van der Waals surface area contributed by atoms with Gasteiger partial charge in [0.1, 0.15) is 5.75 Å². The van der Waals surface area contributed by atoms with Gasteiger partial charge < -0.3 is 14.8 Å². The van der Waals surface area contributed by atoms with E-state index in [0.29, 0.717) is 6.07 Å². The average Bonchev–Trinajstić information content (AvgIpc) is 2.60. The number of amides is 1. The van der Waals surface area contributed by atoms with Crippen molar-refractivity contribution in [1.29, 1.82) is 0 Å². The molecule has 0 aliphatic carbocycles. The molecule has 2 rings (SSSR count). The molecule has 0 radical (unpaired) electrons. The number of anilines is 1. The summed E-state index contributed by atoms with van der Waals surface area (Å²) in [5, 5.41) is 1.95. The average molecular weight is 424 g/mol. The lowest BCUT2D eigenvalue weighted by molar-refractivity contribution is -0.137. The summed E-state index contributed by atoms with van der Waals surface area (Å²) in [5.74, 6) is -2.26. The number of carbonyl (C=O) groups excluding carboxylic acids is 2. The Hall–Kier alpha value is -2.88. The number of rotatable bonds is 6. The van der Waals surface area contributed by atoms with Crippen LogP contribution < -0.4 is 10.1 Å². The van der Waals surface area contributed by atoms with E-state index in [-0.39, 0.29) is 22.0 Å². The molecular weight excluding hydrogens is 413 g/mol. The topological polar surface area (TPSA) is 64.6 Å². The second-order valence-corrected chi connectivity index (χ2v) is 5.63. The van der Waals surface area contributed by atoms with E-state index in [1.807, 2.05) is 0 Å². The maximum absolute atomic E-state index is 12.7. The molecule has 2 aromatic carbocycles. The van der Waals surface area contributed by atoms with Crippen molar-refractivity contribution in [3.8, 4) is 5.75 Å². The van der Waals surface area contributed by atoms with Gasteiger partial charge in [-0.25, -0.2) is 4.79 Å².